The summed E-state index contributed by atoms with van der Waals surface area (Å²) in [5, 5.41) is 2.82. The number of hydrogen-bond acceptors (Lipinski definition) is 5. The minimum absolute atomic E-state index is 0.0288. The van der Waals surface area contributed by atoms with Gasteiger partial charge in [0.15, 0.2) is 0 Å². The van der Waals surface area contributed by atoms with Gasteiger partial charge in [0.1, 0.15) is 11.6 Å². The van der Waals surface area contributed by atoms with Crippen molar-refractivity contribution in [3.05, 3.63) is 47.7 Å². The summed E-state index contributed by atoms with van der Waals surface area (Å²) < 4.78 is 0. The minimum atomic E-state index is -0.378. The van der Waals surface area contributed by atoms with Gasteiger partial charge in [-0.2, -0.15) is 0 Å². The van der Waals surface area contributed by atoms with Gasteiger partial charge in [0.2, 0.25) is 11.8 Å². The number of carbonyl (C=O) groups excluding carboxylic acids is 2. The van der Waals surface area contributed by atoms with E-state index in [4.69, 9.17) is 0 Å². The molecule has 7 nitrogen and oxygen atoms in total. The summed E-state index contributed by atoms with van der Waals surface area (Å²) in [6.07, 6.45) is 2.68. The summed E-state index contributed by atoms with van der Waals surface area (Å²) >= 11 is 0. The van der Waals surface area contributed by atoms with Crippen molar-refractivity contribution in [1.82, 2.24) is 19.9 Å². The second-order valence-corrected chi connectivity index (χ2v) is 6.13. The smallest absolute Gasteiger partial charge is 0.230 e. The van der Waals surface area contributed by atoms with Gasteiger partial charge in [-0.1, -0.05) is 13.0 Å². The molecule has 0 radical (unpaired) electrons. The average Bonchev–Trinajstić information content (AvgIpc) is 2.96. The molecule has 2 aromatic rings. The Kier molecular flexibility index (Phi) is 5.02. The van der Waals surface area contributed by atoms with E-state index in [0.29, 0.717) is 24.7 Å². The molecule has 0 saturated carbocycles. The van der Waals surface area contributed by atoms with Gasteiger partial charge in [-0.25, -0.2) is 9.97 Å². The molecule has 0 aliphatic carbocycles. The third kappa shape index (κ3) is 4.17. The lowest BCUT2D eigenvalue weighted by molar-refractivity contribution is -0.128. The molecule has 1 fully saturated rings. The van der Waals surface area contributed by atoms with Crippen LogP contribution in [0.25, 0.3) is 0 Å². The molecule has 1 aliphatic heterocycles. The van der Waals surface area contributed by atoms with Crippen LogP contribution in [0.15, 0.2) is 30.5 Å². The highest BCUT2D eigenvalue weighted by molar-refractivity contribution is 5.96. The van der Waals surface area contributed by atoms with Crippen LogP contribution in [0.3, 0.4) is 0 Å². The third-order valence-electron chi connectivity index (χ3n) is 4.17. The number of rotatable bonds is 5. The van der Waals surface area contributed by atoms with Crippen molar-refractivity contribution >= 4 is 17.6 Å². The van der Waals surface area contributed by atoms with Crippen LogP contribution in [-0.2, 0) is 22.6 Å². The van der Waals surface area contributed by atoms with Crippen LogP contribution >= 0.6 is 0 Å². The second-order valence-electron chi connectivity index (χ2n) is 6.13. The van der Waals surface area contributed by atoms with Gasteiger partial charge < -0.3 is 10.2 Å². The third-order valence-corrected chi connectivity index (χ3v) is 4.17. The number of hydrogen-bond donors (Lipinski definition) is 1. The maximum absolute atomic E-state index is 12.5. The predicted molar refractivity (Wildman–Crippen MR) is 92.5 cm³/mol. The summed E-state index contributed by atoms with van der Waals surface area (Å²) in [5.74, 6) is 0.520. The van der Waals surface area contributed by atoms with E-state index in [1.54, 1.807) is 24.1 Å². The van der Waals surface area contributed by atoms with Gasteiger partial charge in [0.05, 0.1) is 18.2 Å². The summed E-state index contributed by atoms with van der Waals surface area (Å²) in [5.41, 5.74) is 1.69. The normalized spacial score (nSPS) is 17.0. The van der Waals surface area contributed by atoms with Crippen LogP contribution in [0.4, 0.5) is 5.82 Å². The Morgan fingerprint density at radius 3 is 2.88 bits per heavy atom. The Hall–Kier alpha value is -2.83. The summed E-state index contributed by atoms with van der Waals surface area (Å²) in [4.78, 5) is 39.1. The zero-order valence-electron chi connectivity index (χ0n) is 14.4. The second kappa shape index (κ2) is 7.38. The van der Waals surface area contributed by atoms with Crippen molar-refractivity contribution in [3.63, 3.8) is 0 Å². The van der Waals surface area contributed by atoms with Gasteiger partial charge in [0, 0.05) is 30.9 Å². The number of likely N-dealkylation sites (tertiary alicyclic amines) is 1. The molecule has 2 aromatic heterocycles. The maximum Gasteiger partial charge on any atom is 0.230 e. The molecule has 1 aliphatic rings. The molecule has 0 aromatic carbocycles. The van der Waals surface area contributed by atoms with Gasteiger partial charge >= 0.3 is 0 Å². The highest BCUT2D eigenvalue weighted by Gasteiger charge is 2.34. The first-order valence-electron chi connectivity index (χ1n) is 8.38. The minimum Gasteiger partial charge on any atom is -0.336 e. The fourth-order valence-electron chi connectivity index (χ4n) is 2.89. The maximum atomic E-state index is 12.5. The van der Waals surface area contributed by atoms with Crippen LogP contribution < -0.4 is 5.32 Å². The number of aryl methyl sites for hydroxylation is 2. The van der Waals surface area contributed by atoms with E-state index < -0.39 is 0 Å². The molecule has 0 spiro atoms. The molecule has 1 N–H and O–H groups in total. The van der Waals surface area contributed by atoms with E-state index in [1.807, 2.05) is 25.1 Å². The first-order chi connectivity index (χ1) is 12.0. The zero-order valence-corrected chi connectivity index (χ0v) is 14.4. The molecule has 25 heavy (non-hydrogen) atoms. The molecular formula is C18H21N5O2. The van der Waals surface area contributed by atoms with E-state index in [2.05, 4.69) is 20.3 Å². The molecule has 2 amide bonds. The highest BCUT2D eigenvalue weighted by atomic mass is 16.2. The molecule has 1 unspecified atom stereocenters. The number of aromatic nitrogens is 3. The summed E-state index contributed by atoms with van der Waals surface area (Å²) in [7, 11) is 0. The van der Waals surface area contributed by atoms with E-state index in [-0.39, 0.29) is 24.2 Å². The lowest BCUT2D eigenvalue weighted by atomic mass is 10.1. The van der Waals surface area contributed by atoms with Gasteiger partial charge in [-0.15, -0.1) is 0 Å². The summed E-state index contributed by atoms with van der Waals surface area (Å²) in [6.45, 7) is 4.61. The average molecular weight is 339 g/mol. The number of anilines is 1. The zero-order chi connectivity index (χ0) is 17.8. The number of pyridine rings is 1. The summed E-state index contributed by atoms with van der Waals surface area (Å²) in [6, 6.07) is 7.36. The molecule has 130 valence electrons. The SMILES string of the molecule is CCc1cc(NC(=O)C2CC(=O)N(Cc3ccccn3)C2)nc(C)n1. The van der Waals surface area contributed by atoms with E-state index in [0.717, 1.165) is 17.8 Å². The lowest BCUT2D eigenvalue weighted by Gasteiger charge is -2.16. The fourth-order valence-corrected chi connectivity index (χ4v) is 2.89. The van der Waals surface area contributed by atoms with Crippen molar-refractivity contribution in [2.24, 2.45) is 5.92 Å². The standard InChI is InChI=1S/C18H21N5O2/c1-3-14-9-16(21-12(2)20-14)22-18(25)13-8-17(24)23(10-13)11-15-6-4-5-7-19-15/h4-7,9,13H,3,8,10-11H2,1-2H3,(H,20,21,22,25). The molecule has 3 heterocycles. The Morgan fingerprint density at radius 2 is 2.16 bits per heavy atom. The van der Waals surface area contributed by atoms with Crippen molar-refractivity contribution in [2.75, 3.05) is 11.9 Å². The van der Waals surface area contributed by atoms with E-state index >= 15 is 0 Å². The number of carbonyl (C=O) groups is 2. The van der Waals surface area contributed by atoms with Crippen LogP contribution in [0.5, 0.6) is 0 Å². The Bertz CT molecular complexity index is 778. The molecule has 3 rings (SSSR count). The van der Waals surface area contributed by atoms with Crippen LogP contribution in [0.1, 0.15) is 30.6 Å². The first-order valence-corrected chi connectivity index (χ1v) is 8.38. The van der Waals surface area contributed by atoms with Gasteiger partial charge in [0.25, 0.3) is 0 Å². The van der Waals surface area contributed by atoms with Crippen LogP contribution in [-0.4, -0.2) is 38.2 Å². The van der Waals surface area contributed by atoms with Crippen molar-refractivity contribution in [1.29, 1.82) is 0 Å². The number of amides is 2. The largest absolute Gasteiger partial charge is 0.336 e. The Balaban J connectivity index is 1.64. The first kappa shape index (κ1) is 17.0. The van der Waals surface area contributed by atoms with Gasteiger partial charge in [-0.3, -0.25) is 14.6 Å². The fraction of sp³-hybridized carbons (Fsp3) is 0.389. The van der Waals surface area contributed by atoms with Gasteiger partial charge in [-0.05, 0) is 25.5 Å². The van der Waals surface area contributed by atoms with Crippen LogP contribution in [0.2, 0.25) is 0 Å². The number of nitrogens with zero attached hydrogens (tertiary/aromatic N) is 4. The van der Waals surface area contributed by atoms with Crippen molar-refractivity contribution in [2.45, 2.75) is 33.2 Å². The molecule has 1 saturated heterocycles. The Morgan fingerprint density at radius 1 is 1.32 bits per heavy atom. The number of nitrogens with one attached hydrogen (secondary N) is 1. The van der Waals surface area contributed by atoms with E-state index in [9.17, 15) is 9.59 Å². The molecule has 7 heteroatoms. The predicted octanol–water partition coefficient (Wildman–Crippen LogP) is 1.73. The molecule has 1 atom stereocenters. The molecule has 0 bridgehead atoms. The monoisotopic (exact) mass is 339 g/mol. The molecular weight excluding hydrogens is 318 g/mol. The van der Waals surface area contributed by atoms with E-state index in [1.165, 1.54) is 0 Å². The topological polar surface area (TPSA) is 88.1 Å². The lowest BCUT2D eigenvalue weighted by Crippen LogP contribution is -2.28. The van der Waals surface area contributed by atoms with Crippen molar-refractivity contribution < 1.29 is 9.59 Å². The quantitative estimate of drug-likeness (QED) is 0.896. The van der Waals surface area contributed by atoms with Crippen LogP contribution in [0, 0.1) is 12.8 Å². The Labute approximate surface area is 146 Å². The van der Waals surface area contributed by atoms with Crippen molar-refractivity contribution in [3.8, 4) is 0 Å². The highest BCUT2D eigenvalue weighted by Crippen LogP contribution is 2.21.